The van der Waals surface area contributed by atoms with Gasteiger partial charge in [0.15, 0.2) is 0 Å². The van der Waals surface area contributed by atoms with Crippen molar-refractivity contribution in [2.45, 2.75) is 6.92 Å². The molecule has 0 unspecified atom stereocenters. The Morgan fingerprint density at radius 2 is 2.05 bits per heavy atom. The van der Waals surface area contributed by atoms with E-state index in [1.54, 1.807) is 19.1 Å². The summed E-state index contributed by atoms with van der Waals surface area (Å²) in [5, 5.41) is 22.8. The summed E-state index contributed by atoms with van der Waals surface area (Å²) in [5.74, 6) is -1.03. The van der Waals surface area contributed by atoms with Crippen LogP contribution >= 0.6 is 11.6 Å². The van der Waals surface area contributed by atoms with E-state index in [9.17, 15) is 14.9 Å². The normalized spacial score (nSPS) is 10.2. The number of hydrogen-bond donors (Lipinski definition) is 2. The molecule has 21 heavy (non-hydrogen) atoms. The molecule has 0 aliphatic rings. The van der Waals surface area contributed by atoms with Crippen molar-refractivity contribution in [2.75, 3.05) is 5.32 Å². The van der Waals surface area contributed by atoms with Gasteiger partial charge in [-0.05, 0) is 36.8 Å². The molecule has 2 aromatic carbocycles. The number of hydrogen-bond acceptors (Lipinski definition) is 4. The van der Waals surface area contributed by atoms with Gasteiger partial charge in [0.2, 0.25) is 0 Å². The van der Waals surface area contributed by atoms with Crippen LogP contribution in [-0.2, 0) is 0 Å². The van der Waals surface area contributed by atoms with Crippen LogP contribution in [-0.4, -0.2) is 16.0 Å². The van der Waals surface area contributed by atoms with Crippen molar-refractivity contribution in [1.29, 1.82) is 0 Å². The van der Waals surface area contributed by atoms with Gasteiger partial charge in [-0.25, -0.2) is 4.79 Å². The van der Waals surface area contributed by atoms with Gasteiger partial charge in [0.05, 0.1) is 10.5 Å². The first kappa shape index (κ1) is 14.8. The summed E-state index contributed by atoms with van der Waals surface area (Å²) in [6.07, 6.45) is 0. The number of carboxylic acids is 1. The third-order valence-electron chi connectivity index (χ3n) is 2.88. The smallest absolute Gasteiger partial charge is 0.335 e. The van der Waals surface area contributed by atoms with Crippen molar-refractivity contribution in [3.63, 3.8) is 0 Å². The predicted octanol–water partition coefficient (Wildman–Crippen LogP) is 4.00. The number of benzene rings is 2. The van der Waals surface area contributed by atoms with Gasteiger partial charge in [0.1, 0.15) is 5.02 Å². The molecule has 0 amide bonds. The van der Waals surface area contributed by atoms with Crippen molar-refractivity contribution >= 4 is 34.6 Å². The van der Waals surface area contributed by atoms with E-state index in [1.807, 2.05) is 0 Å². The van der Waals surface area contributed by atoms with Gasteiger partial charge < -0.3 is 10.4 Å². The molecule has 0 aliphatic carbocycles. The van der Waals surface area contributed by atoms with Gasteiger partial charge in [-0.1, -0.05) is 17.7 Å². The summed E-state index contributed by atoms with van der Waals surface area (Å²) < 4.78 is 0. The molecule has 0 atom stereocenters. The van der Waals surface area contributed by atoms with Crippen LogP contribution in [0.15, 0.2) is 36.4 Å². The van der Waals surface area contributed by atoms with Gasteiger partial charge >= 0.3 is 5.97 Å². The van der Waals surface area contributed by atoms with Gasteiger partial charge in [-0.15, -0.1) is 0 Å². The van der Waals surface area contributed by atoms with E-state index in [2.05, 4.69) is 5.32 Å². The van der Waals surface area contributed by atoms with E-state index in [4.69, 9.17) is 16.7 Å². The fourth-order valence-corrected chi connectivity index (χ4v) is 2.06. The zero-order chi connectivity index (χ0) is 15.6. The van der Waals surface area contributed by atoms with Crippen LogP contribution in [0.2, 0.25) is 5.02 Å². The fourth-order valence-electron chi connectivity index (χ4n) is 1.83. The molecule has 108 valence electrons. The minimum absolute atomic E-state index is 0.0162. The van der Waals surface area contributed by atoms with E-state index >= 15 is 0 Å². The zero-order valence-corrected chi connectivity index (χ0v) is 11.7. The predicted molar refractivity (Wildman–Crippen MR) is 79.5 cm³/mol. The number of nitrogens with zero attached hydrogens (tertiary/aromatic N) is 1. The first-order valence-electron chi connectivity index (χ1n) is 5.93. The van der Waals surface area contributed by atoms with E-state index in [0.717, 1.165) is 0 Å². The SMILES string of the molecule is Cc1cc([N+](=O)[O-])c(Cl)cc1Nc1cccc(C(=O)O)c1. The highest BCUT2D eigenvalue weighted by molar-refractivity contribution is 6.33. The maximum Gasteiger partial charge on any atom is 0.335 e. The first-order valence-corrected chi connectivity index (χ1v) is 6.31. The highest BCUT2D eigenvalue weighted by Gasteiger charge is 2.15. The maximum atomic E-state index is 10.9. The average molecular weight is 307 g/mol. The van der Waals surface area contributed by atoms with E-state index in [1.165, 1.54) is 24.3 Å². The Balaban J connectivity index is 2.36. The number of nitrogens with one attached hydrogen (secondary N) is 1. The van der Waals surface area contributed by atoms with Crippen molar-refractivity contribution in [1.82, 2.24) is 0 Å². The van der Waals surface area contributed by atoms with E-state index < -0.39 is 10.9 Å². The Labute approximate surface area is 125 Å². The summed E-state index contributed by atoms with van der Waals surface area (Å²) in [4.78, 5) is 21.2. The van der Waals surface area contributed by atoms with Crippen LogP contribution in [0.5, 0.6) is 0 Å². The summed E-state index contributed by atoms with van der Waals surface area (Å²) in [7, 11) is 0. The van der Waals surface area contributed by atoms with Crippen molar-refractivity contribution < 1.29 is 14.8 Å². The van der Waals surface area contributed by atoms with E-state index in [0.29, 0.717) is 16.9 Å². The Bertz CT molecular complexity index is 731. The summed E-state index contributed by atoms with van der Waals surface area (Å²) in [5.41, 5.74) is 1.74. The third kappa shape index (κ3) is 3.29. The molecule has 0 aliphatic heterocycles. The van der Waals surface area contributed by atoms with Crippen LogP contribution < -0.4 is 5.32 Å². The zero-order valence-electron chi connectivity index (χ0n) is 11.0. The second kappa shape index (κ2) is 5.80. The molecule has 0 spiro atoms. The molecule has 0 heterocycles. The molecule has 7 heteroatoms. The Kier molecular flexibility index (Phi) is 4.09. The second-order valence-corrected chi connectivity index (χ2v) is 4.79. The molecule has 0 bridgehead atoms. The quantitative estimate of drug-likeness (QED) is 0.658. The summed E-state index contributed by atoms with van der Waals surface area (Å²) >= 11 is 5.87. The highest BCUT2D eigenvalue weighted by Crippen LogP contribution is 2.32. The number of aryl methyl sites for hydroxylation is 1. The van der Waals surface area contributed by atoms with Crippen LogP contribution in [0.1, 0.15) is 15.9 Å². The second-order valence-electron chi connectivity index (χ2n) is 4.39. The maximum absolute atomic E-state index is 10.9. The molecule has 2 rings (SSSR count). The number of halogens is 1. The van der Waals surface area contributed by atoms with Crippen LogP contribution in [0.4, 0.5) is 17.1 Å². The monoisotopic (exact) mass is 306 g/mol. The number of anilines is 2. The minimum Gasteiger partial charge on any atom is -0.478 e. The van der Waals surface area contributed by atoms with Gasteiger partial charge in [0.25, 0.3) is 5.69 Å². The minimum atomic E-state index is -1.03. The van der Waals surface area contributed by atoms with Crippen LogP contribution in [0.3, 0.4) is 0 Å². The molecule has 2 N–H and O–H groups in total. The molecule has 6 nitrogen and oxygen atoms in total. The lowest BCUT2D eigenvalue weighted by Crippen LogP contribution is -1.99. The standard InChI is InChI=1S/C14H11ClN2O4/c1-8-5-13(17(20)21)11(15)7-12(8)16-10-4-2-3-9(6-10)14(18)19/h2-7,16H,1H3,(H,18,19). The lowest BCUT2D eigenvalue weighted by molar-refractivity contribution is -0.384. The molecule has 2 aromatic rings. The van der Waals surface area contributed by atoms with Crippen molar-refractivity contribution in [2.24, 2.45) is 0 Å². The molecule has 0 fully saturated rings. The lowest BCUT2D eigenvalue weighted by Gasteiger charge is -2.11. The van der Waals surface area contributed by atoms with Gasteiger partial charge in [0, 0.05) is 17.4 Å². The van der Waals surface area contributed by atoms with Crippen molar-refractivity contribution in [3.8, 4) is 0 Å². The fraction of sp³-hybridized carbons (Fsp3) is 0.0714. The molecule has 0 saturated heterocycles. The lowest BCUT2D eigenvalue weighted by atomic mass is 10.1. The summed E-state index contributed by atoms with van der Waals surface area (Å²) in [6, 6.07) is 9.06. The average Bonchev–Trinajstić information content (AvgIpc) is 2.42. The molecule has 0 saturated carbocycles. The Hall–Kier alpha value is -2.60. The van der Waals surface area contributed by atoms with Crippen LogP contribution in [0, 0.1) is 17.0 Å². The molecular weight excluding hydrogens is 296 g/mol. The summed E-state index contributed by atoms with van der Waals surface area (Å²) in [6.45, 7) is 1.70. The Morgan fingerprint density at radius 3 is 2.67 bits per heavy atom. The van der Waals surface area contributed by atoms with E-state index in [-0.39, 0.29) is 16.3 Å². The number of nitro benzene ring substituents is 1. The Morgan fingerprint density at radius 1 is 1.33 bits per heavy atom. The number of aromatic carboxylic acids is 1. The van der Waals surface area contributed by atoms with Crippen LogP contribution in [0.25, 0.3) is 0 Å². The topological polar surface area (TPSA) is 92.5 Å². The molecular formula is C14H11ClN2O4. The van der Waals surface area contributed by atoms with Gasteiger partial charge in [-0.3, -0.25) is 10.1 Å². The number of carboxylic acid groups (broad SMARTS) is 1. The third-order valence-corrected chi connectivity index (χ3v) is 3.18. The molecule has 0 aromatic heterocycles. The number of rotatable bonds is 4. The van der Waals surface area contributed by atoms with Gasteiger partial charge in [-0.2, -0.15) is 0 Å². The first-order chi connectivity index (χ1) is 9.88. The molecule has 0 radical (unpaired) electrons. The largest absolute Gasteiger partial charge is 0.478 e. The highest BCUT2D eigenvalue weighted by atomic mass is 35.5. The number of nitro groups is 1. The number of carbonyl (C=O) groups is 1. The van der Waals surface area contributed by atoms with Crippen molar-refractivity contribution in [3.05, 3.63) is 62.7 Å².